The van der Waals surface area contributed by atoms with Gasteiger partial charge in [0.15, 0.2) is 0 Å². The standard InChI is InChI=1S/3C7H7O.Sb/c3*8-6-7-4-2-1-3-5-7;/h3*1-5H,6H2;/q3*-1;+3. The van der Waals surface area contributed by atoms with Crippen LogP contribution in [0.15, 0.2) is 91.0 Å². The van der Waals surface area contributed by atoms with Gasteiger partial charge in [0.25, 0.3) is 0 Å². The third-order valence-corrected chi connectivity index (χ3v) is 6.45. The van der Waals surface area contributed by atoms with Crippen molar-refractivity contribution in [3.63, 3.8) is 0 Å². The van der Waals surface area contributed by atoms with Gasteiger partial charge in [-0.3, -0.25) is 0 Å². The Morgan fingerprint density at radius 3 is 1.00 bits per heavy atom. The number of rotatable bonds is 9. The predicted molar refractivity (Wildman–Crippen MR) is 99.4 cm³/mol. The molecule has 128 valence electrons. The first kappa shape index (κ1) is 18.2. The first-order valence-corrected chi connectivity index (χ1v) is 11.3. The molecular formula is C21H21O3Sb. The van der Waals surface area contributed by atoms with E-state index in [1.807, 2.05) is 91.0 Å². The van der Waals surface area contributed by atoms with E-state index in [0.29, 0.717) is 19.8 Å². The summed E-state index contributed by atoms with van der Waals surface area (Å²) in [4.78, 5) is 0. The molecule has 0 saturated carbocycles. The second kappa shape index (κ2) is 10.4. The van der Waals surface area contributed by atoms with E-state index in [1.165, 1.54) is 0 Å². The zero-order valence-electron chi connectivity index (χ0n) is 14.0. The fourth-order valence-electron chi connectivity index (χ4n) is 2.22. The van der Waals surface area contributed by atoms with E-state index < -0.39 is 21.5 Å². The second-order valence-corrected chi connectivity index (χ2v) is 8.99. The van der Waals surface area contributed by atoms with Crippen molar-refractivity contribution in [3.8, 4) is 0 Å². The van der Waals surface area contributed by atoms with Gasteiger partial charge in [0, 0.05) is 0 Å². The number of hydrogen-bond donors (Lipinski definition) is 0. The summed E-state index contributed by atoms with van der Waals surface area (Å²) in [6.07, 6.45) is 0. The molecule has 0 atom stereocenters. The van der Waals surface area contributed by atoms with Gasteiger partial charge in [-0.25, -0.2) is 0 Å². The van der Waals surface area contributed by atoms with Crippen LogP contribution in [0.1, 0.15) is 16.7 Å². The van der Waals surface area contributed by atoms with E-state index in [9.17, 15) is 0 Å². The molecule has 0 aliphatic heterocycles. The van der Waals surface area contributed by atoms with E-state index in [1.54, 1.807) is 0 Å². The van der Waals surface area contributed by atoms with E-state index in [2.05, 4.69) is 0 Å². The van der Waals surface area contributed by atoms with Crippen LogP contribution in [0.5, 0.6) is 0 Å². The fraction of sp³-hybridized carbons (Fsp3) is 0.143. The summed E-state index contributed by atoms with van der Waals surface area (Å²) in [6.45, 7) is 1.56. The van der Waals surface area contributed by atoms with Crippen LogP contribution in [-0.2, 0) is 28.9 Å². The predicted octanol–water partition coefficient (Wildman–Crippen LogP) is 4.62. The number of hydrogen-bond acceptors (Lipinski definition) is 3. The molecule has 0 N–H and O–H groups in total. The fourth-order valence-corrected chi connectivity index (χ4v) is 5.03. The normalized spacial score (nSPS) is 10.9. The minimum atomic E-state index is -2.73. The summed E-state index contributed by atoms with van der Waals surface area (Å²) in [5.74, 6) is 0. The van der Waals surface area contributed by atoms with Crippen molar-refractivity contribution < 1.29 is 9.05 Å². The molecule has 0 bridgehead atoms. The summed E-state index contributed by atoms with van der Waals surface area (Å²) in [7, 11) is 0. The van der Waals surface area contributed by atoms with Gasteiger partial charge >= 0.3 is 158 Å². The summed E-state index contributed by atoms with van der Waals surface area (Å²) in [6, 6.07) is 30.4. The SMILES string of the molecule is c1ccc(C[O][Sb]([O]Cc2ccccc2)[O]Cc2ccccc2)cc1. The minimum absolute atomic E-state index is 0.521. The first-order valence-electron chi connectivity index (χ1n) is 8.21. The summed E-state index contributed by atoms with van der Waals surface area (Å²) >= 11 is -2.73. The summed E-state index contributed by atoms with van der Waals surface area (Å²) in [5.41, 5.74) is 3.39. The van der Waals surface area contributed by atoms with Crippen LogP contribution in [0.25, 0.3) is 0 Å². The van der Waals surface area contributed by atoms with Gasteiger partial charge in [0.1, 0.15) is 0 Å². The molecule has 0 fully saturated rings. The topological polar surface area (TPSA) is 27.7 Å². The summed E-state index contributed by atoms with van der Waals surface area (Å²) in [5, 5.41) is 0. The van der Waals surface area contributed by atoms with Crippen molar-refractivity contribution in [2.45, 2.75) is 19.8 Å². The van der Waals surface area contributed by atoms with Crippen LogP contribution in [0.2, 0.25) is 0 Å². The Morgan fingerprint density at radius 2 is 0.720 bits per heavy atom. The Bertz CT molecular complexity index is 616. The van der Waals surface area contributed by atoms with Crippen molar-refractivity contribution in [1.29, 1.82) is 0 Å². The second-order valence-electron chi connectivity index (χ2n) is 5.50. The average Bonchev–Trinajstić information content (AvgIpc) is 2.70. The Labute approximate surface area is 157 Å². The van der Waals surface area contributed by atoms with Crippen LogP contribution in [0, 0.1) is 0 Å². The van der Waals surface area contributed by atoms with Gasteiger partial charge < -0.3 is 0 Å². The third kappa shape index (κ3) is 6.64. The Balaban J connectivity index is 1.56. The van der Waals surface area contributed by atoms with Crippen LogP contribution in [-0.4, -0.2) is 21.5 Å². The first-order chi connectivity index (χ1) is 12.4. The van der Waals surface area contributed by atoms with Crippen molar-refractivity contribution in [2.75, 3.05) is 0 Å². The molecule has 0 aromatic heterocycles. The average molecular weight is 443 g/mol. The van der Waals surface area contributed by atoms with Crippen molar-refractivity contribution in [2.24, 2.45) is 0 Å². The Hall–Kier alpha value is -1.64. The van der Waals surface area contributed by atoms with E-state index in [4.69, 9.17) is 9.05 Å². The van der Waals surface area contributed by atoms with Gasteiger partial charge in [-0.05, 0) is 0 Å². The van der Waals surface area contributed by atoms with Crippen LogP contribution in [0.3, 0.4) is 0 Å². The Kier molecular flexibility index (Phi) is 7.53. The van der Waals surface area contributed by atoms with Crippen LogP contribution in [0.4, 0.5) is 0 Å². The van der Waals surface area contributed by atoms with Gasteiger partial charge in [-0.2, -0.15) is 0 Å². The molecule has 0 aliphatic carbocycles. The molecule has 3 aromatic carbocycles. The molecule has 0 unspecified atom stereocenters. The molecule has 0 aliphatic rings. The van der Waals surface area contributed by atoms with Crippen LogP contribution >= 0.6 is 0 Å². The van der Waals surface area contributed by atoms with E-state index >= 15 is 0 Å². The molecule has 3 nitrogen and oxygen atoms in total. The van der Waals surface area contributed by atoms with E-state index in [-0.39, 0.29) is 0 Å². The molecular weight excluding hydrogens is 422 g/mol. The molecule has 0 radical (unpaired) electrons. The van der Waals surface area contributed by atoms with Gasteiger partial charge in [-0.15, -0.1) is 0 Å². The molecule has 0 spiro atoms. The van der Waals surface area contributed by atoms with Crippen LogP contribution < -0.4 is 0 Å². The maximum atomic E-state index is 6.01. The Morgan fingerprint density at radius 1 is 0.440 bits per heavy atom. The molecule has 4 heteroatoms. The monoisotopic (exact) mass is 442 g/mol. The molecule has 0 amide bonds. The van der Waals surface area contributed by atoms with Gasteiger partial charge in [0.2, 0.25) is 0 Å². The molecule has 3 rings (SSSR count). The van der Waals surface area contributed by atoms with Crippen molar-refractivity contribution in [3.05, 3.63) is 108 Å². The number of benzene rings is 3. The zero-order valence-corrected chi connectivity index (χ0v) is 16.5. The third-order valence-electron chi connectivity index (χ3n) is 3.54. The zero-order chi connectivity index (χ0) is 17.2. The van der Waals surface area contributed by atoms with Gasteiger partial charge in [0.05, 0.1) is 0 Å². The molecule has 25 heavy (non-hydrogen) atoms. The van der Waals surface area contributed by atoms with E-state index in [0.717, 1.165) is 16.7 Å². The maximum absolute atomic E-state index is 6.01. The van der Waals surface area contributed by atoms with Crippen molar-refractivity contribution >= 4 is 21.5 Å². The summed E-state index contributed by atoms with van der Waals surface area (Å²) < 4.78 is 18.0. The molecule has 0 saturated heterocycles. The quantitative estimate of drug-likeness (QED) is 0.452. The van der Waals surface area contributed by atoms with Gasteiger partial charge in [-0.1, -0.05) is 0 Å². The molecule has 0 heterocycles. The van der Waals surface area contributed by atoms with Crippen molar-refractivity contribution in [1.82, 2.24) is 0 Å². The molecule has 3 aromatic rings.